The van der Waals surface area contributed by atoms with Crippen molar-refractivity contribution in [1.29, 1.82) is 0 Å². The molecule has 0 aliphatic carbocycles. The molecular weight excluding hydrogens is 364 g/mol. The molecule has 130 valence electrons. The SMILES string of the molecule is Cc1cc2c(c(-c3ccccc3)c1-c1ccccc1)Sc1ccccc1S2. The first kappa shape index (κ1) is 16.7. The van der Waals surface area contributed by atoms with Gasteiger partial charge in [-0.25, -0.2) is 0 Å². The van der Waals surface area contributed by atoms with Crippen LogP contribution in [0.2, 0.25) is 0 Å². The highest BCUT2D eigenvalue weighted by atomic mass is 32.2. The van der Waals surface area contributed by atoms with Crippen LogP contribution in [0.1, 0.15) is 5.56 Å². The van der Waals surface area contributed by atoms with Crippen LogP contribution in [0, 0.1) is 6.92 Å². The van der Waals surface area contributed by atoms with Crippen LogP contribution in [0.5, 0.6) is 0 Å². The van der Waals surface area contributed by atoms with E-state index in [0.717, 1.165) is 0 Å². The van der Waals surface area contributed by atoms with Crippen LogP contribution >= 0.6 is 23.5 Å². The molecular formula is C25H18S2. The molecule has 0 aromatic heterocycles. The molecule has 1 heterocycles. The second-order valence-electron chi connectivity index (χ2n) is 6.65. The van der Waals surface area contributed by atoms with Gasteiger partial charge in [-0.2, -0.15) is 0 Å². The maximum Gasteiger partial charge on any atom is 0.0347 e. The third-order valence-corrected chi connectivity index (χ3v) is 7.43. The summed E-state index contributed by atoms with van der Waals surface area (Å²) in [5.41, 5.74) is 6.58. The lowest BCUT2D eigenvalue weighted by Gasteiger charge is -2.25. The molecule has 0 unspecified atom stereocenters. The van der Waals surface area contributed by atoms with E-state index in [9.17, 15) is 0 Å². The van der Waals surface area contributed by atoms with Crippen LogP contribution < -0.4 is 0 Å². The Labute approximate surface area is 168 Å². The molecule has 0 nitrogen and oxygen atoms in total. The maximum atomic E-state index is 2.36. The van der Waals surface area contributed by atoms with Crippen molar-refractivity contribution >= 4 is 23.5 Å². The number of benzene rings is 4. The van der Waals surface area contributed by atoms with Crippen LogP contribution in [0.3, 0.4) is 0 Å². The Bertz CT molecular complexity index is 1120. The fourth-order valence-corrected chi connectivity index (χ4v) is 6.15. The topological polar surface area (TPSA) is 0 Å². The number of fused-ring (bicyclic) bond motifs is 2. The Kier molecular flexibility index (Phi) is 4.31. The minimum Gasteiger partial charge on any atom is -0.0877 e. The molecule has 4 aromatic carbocycles. The molecule has 2 heteroatoms. The minimum atomic E-state index is 1.28. The van der Waals surface area contributed by atoms with E-state index in [1.54, 1.807) is 0 Å². The Morgan fingerprint density at radius 3 is 1.67 bits per heavy atom. The highest BCUT2D eigenvalue weighted by Gasteiger charge is 2.24. The zero-order valence-electron chi connectivity index (χ0n) is 15.0. The van der Waals surface area contributed by atoms with Crippen molar-refractivity contribution < 1.29 is 0 Å². The highest BCUT2D eigenvalue weighted by Crippen LogP contribution is 2.54. The van der Waals surface area contributed by atoms with Gasteiger partial charge in [0.25, 0.3) is 0 Å². The van der Waals surface area contributed by atoms with Crippen molar-refractivity contribution in [3.8, 4) is 22.3 Å². The first-order valence-corrected chi connectivity index (χ1v) is 10.7. The summed E-state index contributed by atoms with van der Waals surface area (Å²) in [6.07, 6.45) is 0. The fraction of sp³-hybridized carbons (Fsp3) is 0.0400. The van der Waals surface area contributed by atoms with E-state index >= 15 is 0 Å². The van der Waals surface area contributed by atoms with Crippen LogP contribution in [0.15, 0.2) is 111 Å². The lowest BCUT2D eigenvalue weighted by Crippen LogP contribution is -1.98. The van der Waals surface area contributed by atoms with Gasteiger partial charge in [-0.05, 0) is 47.4 Å². The van der Waals surface area contributed by atoms with Crippen LogP contribution in [-0.4, -0.2) is 0 Å². The Balaban J connectivity index is 1.82. The van der Waals surface area contributed by atoms with Gasteiger partial charge in [-0.15, -0.1) is 0 Å². The first-order chi connectivity index (χ1) is 13.3. The van der Waals surface area contributed by atoms with Gasteiger partial charge in [0.1, 0.15) is 0 Å². The maximum absolute atomic E-state index is 2.36. The van der Waals surface area contributed by atoms with Gasteiger partial charge >= 0.3 is 0 Å². The minimum absolute atomic E-state index is 1.28. The lowest BCUT2D eigenvalue weighted by atomic mass is 9.91. The molecule has 0 fully saturated rings. The van der Waals surface area contributed by atoms with Crippen molar-refractivity contribution in [2.75, 3.05) is 0 Å². The van der Waals surface area contributed by atoms with Crippen LogP contribution in [-0.2, 0) is 0 Å². The third kappa shape index (κ3) is 2.99. The molecule has 0 atom stereocenters. The van der Waals surface area contributed by atoms with E-state index in [1.807, 2.05) is 23.5 Å². The zero-order chi connectivity index (χ0) is 18.2. The quantitative estimate of drug-likeness (QED) is 0.304. The van der Waals surface area contributed by atoms with E-state index in [4.69, 9.17) is 0 Å². The standard InChI is InChI=1S/C25H18S2/c1-17-16-22-25(27-21-15-9-8-14-20(21)26-22)24(19-12-6-3-7-13-19)23(17)18-10-4-2-5-11-18/h2-16H,1H3. The van der Waals surface area contributed by atoms with Crippen LogP contribution in [0.4, 0.5) is 0 Å². The molecule has 0 radical (unpaired) electrons. The summed E-state index contributed by atoms with van der Waals surface area (Å²) in [6, 6.07) is 32.6. The summed E-state index contributed by atoms with van der Waals surface area (Å²) in [6.45, 7) is 2.24. The van der Waals surface area contributed by atoms with E-state index < -0.39 is 0 Å². The van der Waals surface area contributed by atoms with E-state index in [2.05, 4.69) is 97.9 Å². The largest absolute Gasteiger partial charge is 0.0877 e. The summed E-state index contributed by atoms with van der Waals surface area (Å²) in [4.78, 5) is 5.42. The molecule has 1 aliphatic heterocycles. The predicted molar refractivity (Wildman–Crippen MR) is 117 cm³/mol. The number of hydrogen-bond acceptors (Lipinski definition) is 2. The summed E-state index contributed by atoms with van der Waals surface area (Å²) in [7, 11) is 0. The van der Waals surface area contributed by atoms with Gasteiger partial charge in [0, 0.05) is 25.1 Å². The monoisotopic (exact) mass is 382 g/mol. The number of aryl methyl sites for hydroxylation is 1. The van der Waals surface area contributed by atoms with Crippen molar-refractivity contribution in [2.45, 2.75) is 26.5 Å². The smallest absolute Gasteiger partial charge is 0.0347 e. The summed E-state index contributed by atoms with van der Waals surface area (Å²) in [5, 5.41) is 0. The Morgan fingerprint density at radius 2 is 1.04 bits per heavy atom. The van der Waals surface area contributed by atoms with Gasteiger partial charge < -0.3 is 0 Å². The van der Waals surface area contributed by atoms with E-state index in [1.165, 1.54) is 47.4 Å². The van der Waals surface area contributed by atoms with Gasteiger partial charge in [0.2, 0.25) is 0 Å². The molecule has 0 saturated carbocycles. The van der Waals surface area contributed by atoms with Gasteiger partial charge in [-0.3, -0.25) is 0 Å². The van der Waals surface area contributed by atoms with Crippen molar-refractivity contribution in [3.05, 3.63) is 96.6 Å². The fourth-order valence-electron chi connectivity index (χ4n) is 3.65. The van der Waals surface area contributed by atoms with E-state index in [-0.39, 0.29) is 0 Å². The molecule has 0 amide bonds. The molecule has 0 bridgehead atoms. The second-order valence-corrected chi connectivity index (χ2v) is 8.79. The Morgan fingerprint density at radius 1 is 0.519 bits per heavy atom. The molecule has 5 rings (SSSR count). The average Bonchev–Trinajstić information content (AvgIpc) is 2.72. The van der Waals surface area contributed by atoms with Crippen molar-refractivity contribution in [2.24, 2.45) is 0 Å². The molecule has 0 spiro atoms. The van der Waals surface area contributed by atoms with Gasteiger partial charge in [0.05, 0.1) is 0 Å². The summed E-state index contributed by atoms with van der Waals surface area (Å²) >= 11 is 3.79. The number of hydrogen-bond donors (Lipinski definition) is 0. The van der Waals surface area contributed by atoms with Crippen molar-refractivity contribution in [3.63, 3.8) is 0 Å². The first-order valence-electron chi connectivity index (χ1n) is 9.04. The number of rotatable bonds is 2. The van der Waals surface area contributed by atoms with E-state index in [0.29, 0.717) is 0 Å². The molecule has 4 aromatic rings. The molecule has 1 aliphatic rings. The molecule has 0 saturated heterocycles. The Hall–Kier alpha value is -2.42. The predicted octanol–water partition coefficient (Wildman–Crippen LogP) is 7.94. The summed E-state index contributed by atoms with van der Waals surface area (Å²) < 4.78 is 0. The third-order valence-electron chi connectivity index (χ3n) is 4.85. The highest BCUT2D eigenvalue weighted by molar-refractivity contribution is 8.05. The lowest BCUT2D eigenvalue weighted by molar-refractivity contribution is 1.15. The zero-order valence-corrected chi connectivity index (χ0v) is 16.6. The normalized spacial score (nSPS) is 12.3. The second kappa shape index (κ2) is 6.95. The van der Waals surface area contributed by atoms with Gasteiger partial charge in [-0.1, -0.05) is 96.3 Å². The molecule has 0 N–H and O–H groups in total. The average molecular weight is 383 g/mol. The van der Waals surface area contributed by atoms with Gasteiger partial charge in [0.15, 0.2) is 0 Å². The van der Waals surface area contributed by atoms with Crippen LogP contribution in [0.25, 0.3) is 22.3 Å². The van der Waals surface area contributed by atoms with Crippen molar-refractivity contribution in [1.82, 2.24) is 0 Å². The molecule has 27 heavy (non-hydrogen) atoms. The summed E-state index contributed by atoms with van der Waals surface area (Å²) in [5.74, 6) is 0.